The Morgan fingerprint density at radius 3 is 1.28 bits per heavy atom. The molecule has 6 rings (SSSR count). The van der Waals surface area contributed by atoms with E-state index in [4.69, 9.17) is 0 Å². The number of thiol groups is 1. The first-order valence-electron chi connectivity index (χ1n) is 10.6. The van der Waals surface area contributed by atoms with Gasteiger partial charge in [0.25, 0.3) is 5.24 Å². The van der Waals surface area contributed by atoms with Gasteiger partial charge in [0, 0.05) is 10.8 Å². The van der Waals surface area contributed by atoms with Crippen LogP contribution in [0, 0.1) is 0 Å². The Balaban J connectivity index is 1.65. The maximum absolute atomic E-state index is 12.9. The van der Waals surface area contributed by atoms with Crippen LogP contribution in [0.2, 0.25) is 0 Å². The lowest BCUT2D eigenvalue weighted by Crippen LogP contribution is -2.20. The van der Waals surface area contributed by atoms with Crippen LogP contribution in [0.25, 0.3) is 43.1 Å². The van der Waals surface area contributed by atoms with E-state index in [9.17, 15) is 4.79 Å². The number of carbonyl (C=O) groups is 1. The van der Waals surface area contributed by atoms with E-state index in [1.807, 2.05) is 48.5 Å². The maximum atomic E-state index is 12.9. The Hall–Kier alpha value is -3.82. The normalized spacial score (nSPS) is 11.4. The van der Waals surface area contributed by atoms with E-state index < -0.39 is 0 Å². The lowest BCUT2D eigenvalue weighted by molar-refractivity contribution is 0.267. The number of rotatable bonds is 2. The number of amides is 1. The molecule has 0 aliphatic carbocycles. The minimum Gasteiger partial charge on any atom is -0.271 e. The standard InChI is InChI=1S/C29H19NOS/c31-29(32)30(27-13-5-11-23-15-19-7-1-3-9-21(19)17-25(23)27)28-14-6-12-24-16-20-8-2-4-10-22(20)18-26(24)28/h1-18H,(H,31,32). The minimum atomic E-state index is -0.314. The second-order valence-corrected chi connectivity index (χ2v) is 8.40. The van der Waals surface area contributed by atoms with Crippen LogP contribution in [-0.4, -0.2) is 5.24 Å². The second kappa shape index (κ2) is 7.40. The van der Waals surface area contributed by atoms with Crippen molar-refractivity contribution >= 4 is 72.3 Å². The highest BCUT2D eigenvalue weighted by Crippen LogP contribution is 2.39. The molecule has 0 aliphatic rings. The molecule has 0 saturated carbocycles. The number of carbonyl (C=O) groups excluding carboxylic acids is 1. The molecule has 2 nitrogen and oxygen atoms in total. The van der Waals surface area contributed by atoms with Crippen molar-refractivity contribution in [2.75, 3.05) is 4.90 Å². The summed E-state index contributed by atoms with van der Waals surface area (Å²) in [5, 5.41) is 8.54. The zero-order valence-electron chi connectivity index (χ0n) is 17.2. The van der Waals surface area contributed by atoms with Crippen molar-refractivity contribution in [3.8, 4) is 0 Å². The van der Waals surface area contributed by atoms with Crippen LogP contribution in [0.5, 0.6) is 0 Å². The summed E-state index contributed by atoms with van der Waals surface area (Å²) in [4.78, 5) is 14.7. The molecule has 6 aromatic rings. The van der Waals surface area contributed by atoms with Gasteiger partial charge in [0.05, 0.1) is 11.4 Å². The van der Waals surface area contributed by atoms with Crippen LogP contribution < -0.4 is 4.90 Å². The summed E-state index contributed by atoms with van der Waals surface area (Å²) >= 11 is 4.30. The largest absolute Gasteiger partial charge is 0.287 e. The average molecular weight is 430 g/mol. The van der Waals surface area contributed by atoms with Crippen molar-refractivity contribution < 1.29 is 4.79 Å². The average Bonchev–Trinajstić information content (AvgIpc) is 2.82. The van der Waals surface area contributed by atoms with E-state index in [0.29, 0.717) is 0 Å². The van der Waals surface area contributed by atoms with Crippen LogP contribution in [-0.2, 0) is 0 Å². The number of benzene rings is 6. The van der Waals surface area contributed by atoms with Crippen LogP contribution in [0.3, 0.4) is 0 Å². The minimum absolute atomic E-state index is 0.314. The van der Waals surface area contributed by atoms with Gasteiger partial charge in [0.1, 0.15) is 0 Å². The molecular weight excluding hydrogens is 410 g/mol. The summed E-state index contributed by atoms with van der Waals surface area (Å²) in [5.41, 5.74) is 1.66. The van der Waals surface area contributed by atoms with E-state index in [2.05, 4.69) is 73.3 Å². The van der Waals surface area contributed by atoms with Crippen molar-refractivity contribution in [2.45, 2.75) is 0 Å². The highest BCUT2D eigenvalue weighted by atomic mass is 32.1. The third-order valence-electron chi connectivity index (χ3n) is 6.12. The van der Waals surface area contributed by atoms with E-state index >= 15 is 0 Å². The van der Waals surface area contributed by atoms with Crippen LogP contribution in [0.15, 0.2) is 109 Å². The van der Waals surface area contributed by atoms with Gasteiger partial charge in [-0.1, -0.05) is 85.4 Å². The molecule has 0 N–H and O–H groups in total. The van der Waals surface area contributed by atoms with Crippen molar-refractivity contribution in [2.24, 2.45) is 0 Å². The van der Waals surface area contributed by atoms with Crippen molar-refractivity contribution in [3.05, 3.63) is 109 Å². The van der Waals surface area contributed by atoms with Crippen LogP contribution in [0.1, 0.15) is 0 Å². The van der Waals surface area contributed by atoms with Gasteiger partial charge in [-0.05, 0) is 68.7 Å². The van der Waals surface area contributed by atoms with E-state index in [1.54, 1.807) is 4.90 Å². The highest BCUT2D eigenvalue weighted by Gasteiger charge is 2.20. The third kappa shape index (κ3) is 3.02. The number of nitrogens with zero attached hydrogens (tertiary/aromatic N) is 1. The van der Waals surface area contributed by atoms with Gasteiger partial charge in [0.2, 0.25) is 0 Å². The third-order valence-corrected chi connectivity index (χ3v) is 6.32. The predicted octanol–water partition coefficient (Wildman–Crippen LogP) is 8.49. The molecule has 0 saturated heterocycles. The Kier molecular flexibility index (Phi) is 4.37. The number of anilines is 2. The molecule has 0 bridgehead atoms. The molecule has 0 unspecified atom stereocenters. The van der Waals surface area contributed by atoms with Gasteiger partial charge in [-0.25, -0.2) is 0 Å². The Morgan fingerprint density at radius 1 is 0.500 bits per heavy atom. The fraction of sp³-hybridized carbons (Fsp3) is 0. The molecule has 0 fully saturated rings. The van der Waals surface area contributed by atoms with Gasteiger partial charge >= 0.3 is 0 Å². The molecule has 0 aromatic heterocycles. The summed E-state index contributed by atoms with van der Waals surface area (Å²) in [5.74, 6) is 0. The Morgan fingerprint density at radius 2 is 0.875 bits per heavy atom. The maximum Gasteiger partial charge on any atom is 0.287 e. The quantitative estimate of drug-likeness (QED) is 0.216. The zero-order chi connectivity index (χ0) is 21.7. The van der Waals surface area contributed by atoms with Crippen molar-refractivity contribution in [3.63, 3.8) is 0 Å². The fourth-order valence-corrected chi connectivity index (χ4v) is 4.84. The second-order valence-electron chi connectivity index (χ2n) is 8.01. The van der Waals surface area contributed by atoms with Crippen molar-refractivity contribution in [1.29, 1.82) is 0 Å². The molecule has 0 aliphatic heterocycles. The van der Waals surface area contributed by atoms with Gasteiger partial charge < -0.3 is 0 Å². The number of hydrogen-bond donors (Lipinski definition) is 1. The monoisotopic (exact) mass is 429 g/mol. The molecule has 0 heterocycles. The summed E-state index contributed by atoms with van der Waals surface area (Å²) in [6.45, 7) is 0. The SMILES string of the molecule is O=C(S)N(c1cccc2cc3ccccc3cc12)c1cccc2cc3ccccc3cc12. The first-order chi connectivity index (χ1) is 15.7. The topological polar surface area (TPSA) is 20.3 Å². The summed E-state index contributed by atoms with van der Waals surface area (Å²) in [6, 6.07) is 37.4. The smallest absolute Gasteiger partial charge is 0.271 e. The van der Waals surface area contributed by atoms with Gasteiger partial charge in [-0.2, -0.15) is 0 Å². The number of fused-ring (bicyclic) bond motifs is 4. The molecule has 0 radical (unpaired) electrons. The van der Waals surface area contributed by atoms with Crippen LogP contribution in [0.4, 0.5) is 16.2 Å². The van der Waals surface area contributed by atoms with Gasteiger partial charge in [-0.3, -0.25) is 9.69 Å². The summed E-state index contributed by atoms with van der Waals surface area (Å²) in [6.07, 6.45) is 0. The molecule has 1 amide bonds. The first kappa shape index (κ1) is 18.9. The highest BCUT2D eigenvalue weighted by molar-refractivity contribution is 7.97. The Bertz CT molecular complexity index is 1550. The molecule has 152 valence electrons. The van der Waals surface area contributed by atoms with Gasteiger partial charge in [0.15, 0.2) is 0 Å². The first-order valence-corrected chi connectivity index (χ1v) is 11.0. The van der Waals surface area contributed by atoms with Crippen molar-refractivity contribution in [1.82, 2.24) is 0 Å². The summed E-state index contributed by atoms with van der Waals surface area (Å²) in [7, 11) is 0. The number of hydrogen-bond acceptors (Lipinski definition) is 1. The molecule has 32 heavy (non-hydrogen) atoms. The zero-order valence-corrected chi connectivity index (χ0v) is 18.1. The van der Waals surface area contributed by atoms with E-state index in [1.165, 1.54) is 10.8 Å². The molecule has 0 atom stereocenters. The molecular formula is C29H19NOS. The van der Waals surface area contributed by atoms with Crippen LogP contribution >= 0.6 is 12.6 Å². The molecule has 6 aromatic carbocycles. The fourth-order valence-electron chi connectivity index (χ4n) is 4.63. The molecule has 3 heteroatoms. The van der Waals surface area contributed by atoms with Gasteiger partial charge in [-0.15, -0.1) is 0 Å². The predicted molar refractivity (Wildman–Crippen MR) is 139 cm³/mol. The Labute approximate surface area is 191 Å². The van der Waals surface area contributed by atoms with E-state index in [-0.39, 0.29) is 5.24 Å². The lowest BCUT2D eigenvalue weighted by Gasteiger charge is -2.24. The van der Waals surface area contributed by atoms with E-state index in [0.717, 1.165) is 43.7 Å². The summed E-state index contributed by atoms with van der Waals surface area (Å²) < 4.78 is 0. The lowest BCUT2D eigenvalue weighted by atomic mass is 10.00. The molecule has 0 spiro atoms.